The molecule has 1 heterocycles. The lowest BCUT2D eigenvalue weighted by Gasteiger charge is -2.11. The van der Waals surface area contributed by atoms with E-state index in [0.29, 0.717) is 6.04 Å². The van der Waals surface area contributed by atoms with Gasteiger partial charge in [-0.1, -0.05) is 0 Å². The third-order valence-electron chi connectivity index (χ3n) is 1.84. The van der Waals surface area contributed by atoms with Gasteiger partial charge >= 0.3 is 0 Å². The van der Waals surface area contributed by atoms with Crippen molar-refractivity contribution in [3.05, 3.63) is 24.3 Å². The summed E-state index contributed by atoms with van der Waals surface area (Å²) in [5.41, 5.74) is 0.972. The first kappa shape index (κ1) is 10.1. The summed E-state index contributed by atoms with van der Waals surface area (Å²) in [6, 6.07) is 2.19. The molecule has 0 spiro atoms. The van der Waals surface area contributed by atoms with Gasteiger partial charge < -0.3 is 10.4 Å². The summed E-state index contributed by atoms with van der Waals surface area (Å²) in [6.45, 7) is 2.99. The topological polar surface area (TPSA) is 58.0 Å². The molecule has 1 aromatic rings. The minimum Gasteiger partial charge on any atom is -0.396 e. The summed E-state index contributed by atoms with van der Waals surface area (Å²) in [4.78, 5) is 7.90. The number of rotatable bonds is 5. The first-order chi connectivity index (χ1) is 6.33. The van der Waals surface area contributed by atoms with Crippen molar-refractivity contribution in [3.8, 4) is 0 Å². The molecule has 0 radical (unpaired) electrons. The smallest absolute Gasteiger partial charge is 0.115 e. The molecule has 1 unspecified atom stereocenters. The summed E-state index contributed by atoms with van der Waals surface area (Å²) in [7, 11) is 0. The Bertz CT molecular complexity index is 228. The van der Waals surface area contributed by atoms with Crippen LogP contribution < -0.4 is 5.32 Å². The molecule has 1 rings (SSSR count). The molecule has 0 aliphatic carbocycles. The summed E-state index contributed by atoms with van der Waals surface area (Å²) in [5, 5.41) is 11.9. The van der Waals surface area contributed by atoms with Gasteiger partial charge in [-0.15, -0.1) is 0 Å². The van der Waals surface area contributed by atoms with Crippen LogP contribution in [0, 0.1) is 0 Å². The molecule has 72 valence electrons. The summed E-state index contributed by atoms with van der Waals surface area (Å²) in [5.74, 6) is 0. The van der Waals surface area contributed by atoms with Crippen LogP contribution in [0.25, 0.3) is 0 Å². The SMILES string of the molecule is CC(CCO)NCc1ccncn1. The largest absolute Gasteiger partial charge is 0.396 e. The van der Waals surface area contributed by atoms with Crippen LogP contribution in [0.3, 0.4) is 0 Å². The number of aliphatic hydroxyl groups excluding tert-OH is 1. The zero-order valence-electron chi connectivity index (χ0n) is 7.77. The van der Waals surface area contributed by atoms with E-state index in [9.17, 15) is 0 Å². The molecule has 1 aromatic heterocycles. The van der Waals surface area contributed by atoms with E-state index < -0.39 is 0 Å². The van der Waals surface area contributed by atoms with Crippen molar-refractivity contribution in [1.82, 2.24) is 15.3 Å². The van der Waals surface area contributed by atoms with Crippen molar-refractivity contribution in [1.29, 1.82) is 0 Å². The number of hydrogen-bond acceptors (Lipinski definition) is 4. The van der Waals surface area contributed by atoms with Crippen LogP contribution in [0.1, 0.15) is 19.0 Å². The zero-order valence-corrected chi connectivity index (χ0v) is 7.77. The number of nitrogens with zero attached hydrogens (tertiary/aromatic N) is 2. The average molecular weight is 181 g/mol. The van der Waals surface area contributed by atoms with Gasteiger partial charge in [-0.2, -0.15) is 0 Å². The Kier molecular flexibility index (Phi) is 4.35. The molecule has 0 amide bonds. The highest BCUT2D eigenvalue weighted by molar-refractivity contribution is 4.97. The van der Waals surface area contributed by atoms with E-state index in [0.717, 1.165) is 18.7 Å². The minimum absolute atomic E-state index is 0.220. The maximum absolute atomic E-state index is 8.67. The minimum atomic E-state index is 0.220. The van der Waals surface area contributed by atoms with Crippen LogP contribution in [0.4, 0.5) is 0 Å². The molecular formula is C9H15N3O. The van der Waals surface area contributed by atoms with Crippen LogP contribution in [0.5, 0.6) is 0 Å². The number of nitrogens with one attached hydrogen (secondary N) is 1. The monoisotopic (exact) mass is 181 g/mol. The van der Waals surface area contributed by atoms with E-state index in [1.54, 1.807) is 6.20 Å². The van der Waals surface area contributed by atoms with Crippen molar-refractivity contribution in [2.75, 3.05) is 6.61 Å². The van der Waals surface area contributed by atoms with Crippen LogP contribution in [-0.4, -0.2) is 27.7 Å². The summed E-state index contributed by atoms with van der Waals surface area (Å²) < 4.78 is 0. The van der Waals surface area contributed by atoms with Gasteiger partial charge in [0.1, 0.15) is 6.33 Å². The predicted octanol–water partition coefficient (Wildman–Crippen LogP) is 0.337. The van der Waals surface area contributed by atoms with Crippen molar-refractivity contribution in [2.24, 2.45) is 0 Å². The Hall–Kier alpha value is -1.00. The Morgan fingerprint density at radius 1 is 1.62 bits per heavy atom. The maximum Gasteiger partial charge on any atom is 0.115 e. The molecule has 2 N–H and O–H groups in total. The Morgan fingerprint density at radius 2 is 2.46 bits per heavy atom. The van der Waals surface area contributed by atoms with Crippen molar-refractivity contribution in [3.63, 3.8) is 0 Å². The van der Waals surface area contributed by atoms with Crippen molar-refractivity contribution >= 4 is 0 Å². The lowest BCUT2D eigenvalue weighted by Crippen LogP contribution is -2.26. The zero-order chi connectivity index (χ0) is 9.52. The van der Waals surface area contributed by atoms with Gasteiger partial charge in [0.2, 0.25) is 0 Å². The van der Waals surface area contributed by atoms with Crippen LogP contribution in [0.2, 0.25) is 0 Å². The van der Waals surface area contributed by atoms with Gasteiger partial charge in [0.15, 0.2) is 0 Å². The molecule has 0 aliphatic rings. The van der Waals surface area contributed by atoms with Gasteiger partial charge in [0, 0.05) is 25.4 Å². The fourth-order valence-electron chi connectivity index (χ4n) is 0.997. The lowest BCUT2D eigenvalue weighted by atomic mass is 10.2. The number of aliphatic hydroxyl groups is 1. The molecule has 4 heteroatoms. The highest BCUT2D eigenvalue weighted by atomic mass is 16.3. The highest BCUT2D eigenvalue weighted by Crippen LogP contribution is 1.93. The van der Waals surface area contributed by atoms with Gasteiger partial charge in [0.25, 0.3) is 0 Å². The third-order valence-corrected chi connectivity index (χ3v) is 1.84. The third kappa shape index (κ3) is 3.96. The van der Waals surface area contributed by atoms with Crippen LogP contribution in [0.15, 0.2) is 18.6 Å². The van der Waals surface area contributed by atoms with Crippen LogP contribution >= 0.6 is 0 Å². The molecule has 1 atom stereocenters. The fraction of sp³-hybridized carbons (Fsp3) is 0.556. The Labute approximate surface area is 78.0 Å². The first-order valence-electron chi connectivity index (χ1n) is 4.42. The molecule has 0 saturated heterocycles. The molecule has 0 aliphatic heterocycles. The van der Waals surface area contributed by atoms with Crippen molar-refractivity contribution < 1.29 is 5.11 Å². The molecule has 0 saturated carbocycles. The summed E-state index contributed by atoms with van der Waals surface area (Å²) >= 11 is 0. The molecule has 4 nitrogen and oxygen atoms in total. The normalized spacial score (nSPS) is 12.8. The summed E-state index contributed by atoms with van der Waals surface area (Å²) in [6.07, 6.45) is 4.03. The Balaban J connectivity index is 2.27. The molecule has 0 aromatic carbocycles. The van der Waals surface area contributed by atoms with Gasteiger partial charge in [0.05, 0.1) is 5.69 Å². The lowest BCUT2D eigenvalue weighted by molar-refractivity contribution is 0.268. The quantitative estimate of drug-likeness (QED) is 0.687. The Morgan fingerprint density at radius 3 is 3.08 bits per heavy atom. The van der Waals surface area contributed by atoms with E-state index in [-0.39, 0.29) is 6.61 Å². The van der Waals surface area contributed by atoms with Gasteiger partial charge in [-0.3, -0.25) is 0 Å². The highest BCUT2D eigenvalue weighted by Gasteiger charge is 2.00. The van der Waals surface area contributed by atoms with Crippen LogP contribution in [-0.2, 0) is 6.54 Å². The molecule has 0 bridgehead atoms. The predicted molar refractivity (Wildman–Crippen MR) is 50.0 cm³/mol. The first-order valence-corrected chi connectivity index (χ1v) is 4.42. The average Bonchev–Trinajstić information content (AvgIpc) is 2.17. The maximum atomic E-state index is 8.67. The van der Waals surface area contributed by atoms with E-state index >= 15 is 0 Å². The van der Waals surface area contributed by atoms with E-state index in [2.05, 4.69) is 15.3 Å². The molecular weight excluding hydrogens is 166 g/mol. The van der Waals surface area contributed by atoms with E-state index in [1.165, 1.54) is 6.33 Å². The molecule has 13 heavy (non-hydrogen) atoms. The van der Waals surface area contributed by atoms with Gasteiger partial charge in [-0.25, -0.2) is 9.97 Å². The fourth-order valence-corrected chi connectivity index (χ4v) is 0.997. The molecule has 0 fully saturated rings. The number of hydrogen-bond donors (Lipinski definition) is 2. The van der Waals surface area contributed by atoms with E-state index in [4.69, 9.17) is 5.11 Å². The second-order valence-corrected chi connectivity index (χ2v) is 2.99. The second kappa shape index (κ2) is 5.61. The number of aromatic nitrogens is 2. The standard InChI is InChI=1S/C9H15N3O/c1-8(3-5-13)11-6-9-2-4-10-7-12-9/h2,4,7-8,11,13H,3,5-6H2,1H3. The van der Waals surface area contributed by atoms with Crippen molar-refractivity contribution in [2.45, 2.75) is 25.9 Å². The second-order valence-electron chi connectivity index (χ2n) is 2.99. The van der Waals surface area contributed by atoms with Gasteiger partial charge in [-0.05, 0) is 19.4 Å². The van der Waals surface area contributed by atoms with E-state index in [1.807, 2.05) is 13.0 Å².